The van der Waals surface area contributed by atoms with Gasteiger partial charge in [-0.3, -0.25) is 4.98 Å². The number of aromatic nitrogens is 1. The second kappa shape index (κ2) is 4.51. The van der Waals surface area contributed by atoms with Gasteiger partial charge in [-0.2, -0.15) is 0 Å². The lowest BCUT2D eigenvalue weighted by Gasteiger charge is -2.04. The van der Waals surface area contributed by atoms with Gasteiger partial charge in [0.2, 0.25) is 0 Å². The quantitative estimate of drug-likeness (QED) is 0.743. The standard InChI is InChI=1S/C11H7Br2NO2/c1-16-11(15)6-2-3-9-7(4-6)10(13)8(12)5-14-9/h2-5H,1H3. The summed E-state index contributed by atoms with van der Waals surface area (Å²) in [6.45, 7) is 0. The molecule has 0 bridgehead atoms. The Hall–Kier alpha value is -0.940. The second-order valence-electron chi connectivity index (χ2n) is 3.14. The SMILES string of the molecule is COC(=O)c1ccc2ncc(Br)c(Br)c2c1. The van der Waals surface area contributed by atoms with Gasteiger partial charge in [0.05, 0.1) is 22.7 Å². The van der Waals surface area contributed by atoms with E-state index in [-0.39, 0.29) is 5.97 Å². The number of carbonyl (C=O) groups excluding carboxylic acids is 1. The molecule has 0 aliphatic rings. The van der Waals surface area contributed by atoms with Crippen LogP contribution >= 0.6 is 31.9 Å². The molecule has 16 heavy (non-hydrogen) atoms. The first-order chi connectivity index (χ1) is 7.63. The van der Waals surface area contributed by atoms with E-state index in [4.69, 9.17) is 0 Å². The molecule has 5 heteroatoms. The highest BCUT2D eigenvalue weighted by molar-refractivity contribution is 9.13. The molecule has 0 amide bonds. The van der Waals surface area contributed by atoms with Gasteiger partial charge in [-0.15, -0.1) is 0 Å². The van der Waals surface area contributed by atoms with Gasteiger partial charge in [0, 0.05) is 16.1 Å². The fourth-order valence-corrected chi connectivity index (χ4v) is 2.12. The maximum absolute atomic E-state index is 11.4. The lowest BCUT2D eigenvalue weighted by atomic mass is 10.1. The van der Waals surface area contributed by atoms with Crippen molar-refractivity contribution in [2.24, 2.45) is 0 Å². The van der Waals surface area contributed by atoms with Crippen molar-refractivity contribution in [2.75, 3.05) is 7.11 Å². The molecular weight excluding hydrogens is 338 g/mol. The highest BCUT2D eigenvalue weighted by Gasteiger charge is 2.09. The Labute approximate surface area is 109 Å². The summed E-state index contributed by atoms with van der Waals surface area (Å²) in [5.74, 6) is -0.353. The zero-order chi connectivity index (χ0) is 11.7. The number of nitrogens with zero attached hydrogens (tertiary/aromatic N) is 1. The molecular formula is C11H7Br2NO2. The molecule has 0 aliphatic heterocycles. The Morgan fingerprint density at radius 3 is 2.81 bits per heavy atom. The van der Waals surface area contributed by atoms with Gasteiger partial charge < -0.3 is 4.74 Å². The summed E-state index contributed by atoms with van der Waals surface area (Å²) in [6, 6.07) is 5.24. The Morgan fingerprint density at radius 1 is 1.38 bits per heavy atom. The van der Waals surface area contributed by atoms with Crippen molar-refractivity contribution < 1.29 is 9.53 Å². The highest BCUT2D eigenvalue weighted by atomic mass is 79.9. The smallest absolute Gasteiger partial charge is 0.337 e. The van der Waals surface area contributed by atoms with Gasteiger partial charge in [0.1, 0.15) is 0 Å². The van der Waals surface area contributed by atoms with Crippen LogP contribution in [0.5, 0.6) is 0 Å². The van der Waals surface area contributed by atoms with Crippen molar-refractivity contribution in [1.29, 1.82) is 0 Å². The third-order valence-electron chi connectivity index (χ3n) is 2.18. The molecule has 0 aliphatic carbocycles. The number of fused-ring (bicyclic) bond motifs is 1. The number of benzene rings is 1. The fourth-order valence-electron chi connectivity index (χ4n) is 1.38. The summed E-state index contributed by atoms with van der Waals surface area (Å²) in [4.78, 5) is 15.6. The van der Waals surface area contributed by atoms with Gasteiger partial charge >= 0.3 is 5.97 Å². The van der Waals surface area contributed by atoms with E-state index in [2.05, 4.69) is 41.6 Å². The zero-order valence-electron chi connectivity index (χ0n) is 8.33. The van der Waals surface area contributed by atoms with Crippen LogP contribution in [0, 0.1) is 0 Å². The Kier molecular flexibility index (Phi) is 3.25. The number of carbonyl (C=O) groups is 1. The van der Waals surface area contributed by atoms with E-state index in [9.17, 15) is 4.79 Å². The summed E-state index contributed by atoms with van der Waals surface area (Å²) in [5, 5.41) is 0.872. The van der Waals surface area contributed by atoms with Crippen LogP contribution in [0.1, 0.15) is 10.4 Å². The van der Waals surface area contributed by atoms with Crippen molar-refractivity contribution in [3.05, 3.63) is 38.9 Å². The molecule has 0 unspecified atom stereocenters. The number of hydrogen-bond donors (Lipinski definition) is 0. The van der Waals surface area contributed by atoms with Crippen LogP contribution < -0.4 is 0 Å². The molecule has 0 N–H and O–H groups in total. The van der Waals surface area contributed by atoms with E-state index in [0.29, 0.717) is 5.56 Å². The van der Waals surface area contributed by atoms with Crippen molar-refractivity contribution >= 4 is 48.7 Å². The number of pyridine rings is 1. The van der Waals surface area contributed by atoms with Crippen LogP contribution in [-0.4, -0.2) is 18.1 Å². The second-order valence-corrected chi connectivity index (χ2v) is 4.79. The monoisotopic (exact) mass is 343 g/mol. The molecule has 2 aromatic rings. The summed E-state index contributed by atoms with van der Waals surface area (Å²) in [5.41, 5.74) is 1.33. The molecule has 1 aromatic carbocycles. The number of esters is 1. The third-order valence-corrected chi connectivity index (χ3v) is 4.17. The van der Waals surface area contributed by atoms with Crippen LogP contribution in [0.4, 0.5) is 0 Å². The summed E-state index contributed by atoms with van der Waals surface area (Å²) >= 11 is 6.82. The average Bonchev–Trinajstić information content (AvgIpc) is 2.32. The van der Waals surface area contributed by atoms with Crippen molar-refractivity contribution in [2.45, 2.75) is 0 Å². The van der Waals surface area contributed by atoms with Gasteiger partial charge in [-0.05, 0) is 50.1 Å². The van der Waals surface area contributed by atoms with E-state index in [1.807, 2.05) is 0 Å². The predicted octanol–water partition coefficient (Wildman–Crippen LogP) is 3.55. The first-order valence-corrected chi connectivity index (χ1v) is 6.04. The summed E-state index contributed by atoms with van der Waals surface area (Å²) in [7, 11) is 1.36. The minimum atomic E-state index is -0.353. The minimum absolute atomic E-state index is 0.353. The molecule has 1 aromatic heterocycles. The third kappa shape index (κ3) is 1.97. The molecule has 2 rings (SSSR count). The number of hydrogen-bond acceptors (Lipinski definition) is 3. The lowest BCUT2D eigenvalue weighted by Crippen LogP contribution is -2.00. The zero-order valence-corrected chi connectivity index (χ0v) is 11.5. The molecule has 0 radical (unpaired) electrons. The van der Waals surface area contributed by atoms with Crippen molar-refractivity contribution in [3.63, 3.8) is 0 Å². The van der Waals surface area contributed by atoms with Gasteiger partial charge in [-0.25, -0.2) is 4.79 Å². The maximum atomic E-state index is 11.4. The summed E-state index contributed by atoms with van der Waals surface area (Å²) < 4.78 is 6.40. The van der Waals surface area contributed by atoms with Crippen LogP contribution in [-0.2, 0) is 4.74 Å². The molecule has 1 heterocycles. The van der Waals surface area contributed by atoms with E-state index < -0.39 is 0 Å². The van der Waals surface area contributed by atoms with Crippen LogP contribution in [0.15, 0.2) is 33.3 Å². The van der Waals surface area contributed by atoms with Gasteiger partial charge in [0.15, 0.2) is 0 Å². The minimum Gasteiger partial charge on any atom is -0.465 e. The predicted molar refractivity (Wildman–Crippen MR) is 68.5 cm³/mol. The Bertz CT molecular complexity index is 569. The number of ether oxygens (including phenoxy) is 1. The van der Waals surface area contributed by atoms with Crippen molar-refractivity contribution in [3.8, 4) is 0 Å². The fraction of sp³-hybridized carbons (Fsp3) is 0.0909. The molecule has 0 saturated carbocycles. The average molecular weight is 345 g/mol. The highest BCUT2D eigenvalue weighted by Crippen LogP contribution is 2.30. The normalized spacial score (nSPS) is 10.4. The van der Waals surface area contributed by atoms with Crippen LogP contribution in [0.25, 0.3) is 10.9 Å². The maximum Gasteiger partial charge on any atom is 0.337 e. The lowest BCUT2D eigenvalue weighted by molar-refractivity contribution is 0.0601. The Morgan fingerprint density at radius 2 is 2.12 bits per heavy atom. The molecule has 3 nitrogen and oxygen atoms in total. The van der Waals surface area contributed by atoms with Gasteiger partial charge in [-0.1, -0.05) is 0 Å². The molecule has 82 valence electrons. The number of methoxy groups -OCH3 is 1. The molecule has 0 atom stereocenters. The van der Waals surface area contributed by atoms with E-state index in [1.54, 1.807) is 24.4 Å². The van der Waals surface area contributed by atoms with Crippen molar-refractivity contribution in [1.82, 2.24) is 4.98 Å². The Balaban J connectivity index is 2.69. The molecule has 0 fully saturated rings. The first kappa shape index (κ1) is 11.5. The first-order valence-electron chi connectivity index (χ1n) is 4.45. The van der Waals surface area contributed by atoms with E-state index in [1.165, 1.54) is 7.11 Å². The topological polar surface area (TPSA) is 39.2 Å². The van der Waals surface area contributed by atoms with Crippen LogP contribution in [0.2, 0.25) is 0 Å². The van der Waals surface area contributed by atoms with Gasteiger partial charge in [0.25, 0.3) is 0 Å². The number of halogens is 2. The van der Waals surface area contributed by atoms with Crippen LogP contribution in [0.3, 0.4) is 0 Å². The summed E-state index contributed by atoms with van der Waals surface area (Å²) in [6.07, 6.45) is 1.71. The van der Waals surface area contributed by atoms with E-state index in [0.717, 1.165) is 19.8 Å². The number of rotatable bonds is 1. The molecule has 0 spiro atoms. The molecule has 0 saturated heterocycles. The largest absolute Gasteiger partial charge is 0.465 e. The van der Waals surface area contributed by atoms with E-state index >= 15 is 0 Å².